The zero-order chi connectivity index (χ0) is 13.3. The molecule has 0 bridgehead atoms. The summed E-state index contributed by atoms with van der Waals surface area (Å²) in [6.45, 7) is 0. The van der Waals surface area contributed by atoms with Crippen molar-refractivity contribution in [3.05, 3.63) is 0 Å². The van der Waals surface area contributed by atoms with Gasteiger partial charge in [0.25, 0.3) is 0 Å². The highest BCUT2D eigenvalue weighted by Gasteiger charge is 2.65. The van der Waals surface area contributed by atoms with Crippen molar-refractivity contribution in [2.45, 2.75) is 50.0 Å². The van der Waals surface area contributed by atoms with E-state index < -0.39 is 30.3 Å². The van der Waals surface area contributed by atoms with Gasteiger partial charge in [-0.1, -0.05) is 0 Å². The molecule has 1 N–H and O–H groups in total. The van der Waals surface area contributed by atoms with Gasteiger partial charge in [0.05, 0.1) is 6.10 Å². The minimum Gasteiger partial charge on any atom is -0.458 e. The second kappa shape index (κ2) is 4.75. The van der Waals surface area contributed by atoms with Crippen LogP contribution in [0, 0.1) is 0 Å². The van der Waals surface area contributed by atoms with E-state index in [1.165, 1.54) is 0 Å². The third kappa shape index (κ3) is 3.27. The summed E-state index contributed by atoms with van der Waals surface area (Å²) >= 11 is 0. The number of hydrogen-bond donors (Lipinski definition) is 1. The molecule has 0 saturated heterocycles. The van der Waals surface area contributed by atoms with Crippen molar-refractivity contribution >= 4 is 5.97 Å². The van der Waals surface area contributed by atoms with E-state index in [-0.39, 0.29) is 25.7 Å². The molecule has 1 rings (SSSR count). The molecule has 0 aliphatic heterocycles. The van der Waals surface area contributed by atoms with Crippen LogP contribution in [0.15, 0.2) is 0 Å². The summed E-state index contributed by atoms with van der Waals surface area (Å²) in [4.78, 5) is 10.7. The van der Waals surface area contributed by atoms with E-state index in [4.69, 9.17) is 5.11 Å². The Morgan fingerprint density at radius 2 is 1.53 bits per heavy atom. The molecular weight excluding hydrogens is 251 g/mol. The Morgan fingerprint density at radius 1 is 1.06 bits per heavy atom. The molecule has 0 spiro atoms. The zero-order valence-electron chi connectivity index (χ0n) is 8.64. The summed E-state index contributed by atoms with van der Waals surface area (Å²) in [6, 6.07) is 0. The monoisotopic (exact) mass is 262 g/mol. The van der Waals surface area contributed by atoms with E-state index in [0.717, 1.165) is 0 Å². The molecule has 0 unspecified atom stereocenters. The van der Waals surface area contributed by atoms with Gasteiger partial charge in [-0.2, -0.15) is 22.0 Å². The predicted molar refractivity (Wildman–Crippen MR) is 45.4 cm³/mol. The van der Waals surface area contributed by atoms with E-state index >= 15 is 0 Å². The molecule has 1 saturated carbocycles. The molecule has 1 aliphatic carbocycles. The van der Waals surface area contributed by atoms with Gasteiger partial charge in [-0.25, -0.2) is 4.79 Å². The fraction of sp³-hybridized carbons (Fsp3) is 0.889. The maximum atomic E-state index is 12.5. The summed E-state index contributed by atoms with van der Waals surface area (Å²) < 4.78 is 64.6. The van der Waals surface area contributed by atoms with E-state index in [2.05, 4.69) is 4.74 Å². The number of carbonyl (C=O) groups excluding carboxylic acids is 1. The molecule has 8 heteroatoms. The topological polar surface area (TPSA) is 46.5 Å². The number of alkyl halides is 5. The van der Waals surface area contributed by atoms with Gasteiger partial charge in [-0.05, 0) is 25.7 Å². The molecule has 3 nitrogen and oxygen atoms in total. The van der Waals surface area contributed by atoms with E-state index in [0.29, 0.717) is 0 Å². The Hall–Kier alpha value is -0.920. The quantitative estimate of drug-likeness (QED) is 0.611. The first-order chi connectivity index (χ1) is 7.64. The summed E-state index contributed by atoms with van der Waals surface area (Å²) in [5, 5.41) is 9.08. The highest BCUT2D eigenvalue weighted by atomic mass is 19.4. The van der Waals surface area contributed by atoms with E-state index in [1.807, 2.05) is 0 Å². The lowest BCUT2D eigenvalue weighted by Crippen LogP contribution is -2.46. The van der Waals surface area contributed by atoms with Crippen molar-refractivity contribution in [1.29, 1.82) is 0 Å². The smallest absolute Gasteiger partial charge is 0.458 e. The Labute approximate surface area is 93.5 Å². The SMILES string of the molecule is O=C(OC1CCC(O)CC1)C(F)(F)C(F)(F)F. The lowest BCUT2D eigenvalue weighted by molar-refractivity contribution is -0.282. The Bertz CT molecular complexity index is 281. The minimum atomic E-state index is -5.95. The molecule has 100 valence electrons. The van der Waals surface area contributed by atoms with Gasteiger partial charge in [-0.15, -0.1) is 0 Å². The van der Waals surface area contributed by atoms with Crippen LogP contribution in [-0.4, -0.2) is 35.4 Å². The van der Waals surface area contributed by atoms with Crippen LogP contribution in [0.2, 0.25) is 0 Å². The second-order valence-corrected chi connectivity index (χ2v) is 3.91. The highest BCUT2D eigenvalue weighted by Crippen LogP contribution is 2.37. The maximum Gasteiger partial charge on any atom is 0.465 e. The molecule has 17 heavy (non-hydrogen) atoms. The molecular formula is C9H11F5O3. The lowest BCUT2D eigenvalue weighted by Gasteiger charge is -2.27. The zero-order valence-corrected chi connectivity index (χ0v) is 8.64. The molecule has 0 aromatic rings. The number of aliphatic hydroxyl groups is 1. The van der Waals surface area contributed by atoms with Gasteiger partial charge in [0.15, 0.2) is 0 Å². The summed E-state index contributed by atoms with van der Waals surface area (Å²) in [6.07, 6.45) is -6.95. The van der Waals surface area contributed by atoms with Gasteiger partial charge in [0, 0.05) is 0 Å². The normalized spacial score (nSPS) is 26.7. The van der Waals surface area contributed by atoms with Crippen molar-refractivity contribution in [2.24, 2.45) is 0 Å². The van der Waals surface area contributed by atoms with Crippen LogP contribution in [0.1, 0.15) is 25.7 Å². The highest BCUT2D eigenvalue weighted by molar-refractivity contribution is 5.78. The molecule has 1 fully saturated rings. The first-order valence-corrected chi connectivity index (χ1v) is 4.98. The number of halogens is 5. The average molecular weight is 262 g/mol. The molecule has 0 aromatic carbocycles. The fourth-order valence-corrected chi connectivity index (χ4v) is 1.50. The number of aliphatic hydroxyl groups excluding tert-OH is 1. The molecule has 0 atom stereocenters. The summed E-state index contributed by atoms with van der Waals surface area (Å²) in [5.74, 6) is -8.06. The Morgan fingerprint density at radius 3 is 1.94 bits per heavy atom. The third-order valence-corrected chi connectivity index (χ3v) is 2.53. The van der Waals surface area contributed by atoms with Crippen LogP contribution in [0.25, 0.3) is 0 Å². The van der Waals surface area contributed by atoms with Crippen LogP contribution < -0.4 is 0 Å². The van der Waals surface area contributed by atoms with Gasteiger partial charge >= 0.3 is 18.1 Å². The predicted octanol–water partition coefficient (Wildman–Crippen LogP) is 2.03. The molecule has 0 aromatic heterocycles. The third-order valence-electron chi connectivity index (χ3n) is 2.53. The number of ether oxygens (including phenoxy) is 1. The summed E-state index contributed by atoms with van der Waals surface area (Å²) in [5.41, 5.74) is 0. The van der Waals surface area contributed by atoms with Crippen LogP contribution in [0.4, 0.5) is 22.0 Å². The standard InChI is InChI=1S/C9H11F5O3/c10-8(11,9(12,13)14)7(16)17-6-3-1-5(15)2-4-6/h5-6,15H,1-4H2. The number of rotatable bonds is 2. The second-order valence-electron chi connectivity index (χ2n) is 3.91. The molecule has 0 amide bonds. The van der Waals surface area contributed by atoms with E-state index in [9.17, 15) is 26.7 Å². The van der Waals surface area contributed by atoms with Crippen molar-refractivity contribution in [2.75, 3.05) is 0 Å². The largest absolute Gasteiger partial charge is 0.465 e. The Kier molecular flexibility index (Phi) is 3.95. The number of carbonyl (C=O) groups is 1. The number of hydrogen-bond acceptors (Lipinski definition) is 3. The summed E-state index contributed by atoms with van der Waals surface area (Å²) in [7, 11) is 0. The molecule has 0 radical (unpaired) electrons. The van der Waals surface area contributed by atoms with Crippen molar-refractivity contribution in [1.82, 2.24) is 0 Å². The van der Waals surface area contributed by atoms with Crippen LogP contribution in [0.3, 0.4) is 0 Å². The lowest BCUT2D eigenvalue weighted by atomic mass is 9.95. The van der Waals surface area contributed by atoms with Crippen LogP contribution in [0.5, 0.6) is 0 Å². The van der Waals surface area contributed by atoms with Crippen molar-refractivity contribution in [3.8, 4) is 0 Å². The first kappa shape index (κ1) is 14.1. The maximum absolute atomic E-state index is 12.5. The van der Waals surface area contributed by atoms with Crippen molar-refractivity contribution < 1.29 is 36.6 Å². The molecule has 0 heterocycles. The van der Waals surface area contributed by atoms with Crippen LogP contribution >= 0.6 is 0 Å². The average Bonchev–Trinajstić information content (AvgIpc) is 2.19. The van der Waals surface area contributed by atoms with E-state index in [1.54, 1.807) is 0 Å². The van der Waals surface area contributed by atoms with Gasteiger partial charge in [-0.3, -0.25) is 0 Å². The van der Waals surface area contributed by atoms with Gasteiger partial charge in [0.2, 0.25) is 0 Å². The Balaban J connectivity index is 2.55. The van der Waals surface area contributed by atoms with Crippen LogP contribution in [-0.2, 0) is 9.53 Å². The minimum absolute atomic E-state index is 0.0842. The van der Waals surface area contributed by atoms with Crippen molar-refractivity contribution in [3.63, 3.8) is 0 Å². The number of esters is 1. The molecule has 1 aliphatic rings. The van der Waals surface area contributed by atoms with Gasteiger partial charge in [0.1, 0.15) is 6.10 Å². The fourth-order valence-electron chi connectivity index (χ4n) is 1.50. The van der Waals surface area contributed by atoms with Gasteiger partial charge < -0.3 is 9.84 Å². The first-order valence-electron chi connectivity index (χ1n) is 4.98.